The van der Waals surface area contributed by atoms with E-state index in [9.17, 15) is 20.1 Å². The van der Waals surface area contributed by atoms with Crippen molar-refractivity contribution in [3.8, 4) is 0 Å². The normalized spacial score (nSPS) is 13.1. The highest BCUT2D eigenvalue weighted by atomic mass is 16.5. The number of carbonyl (C=O) groups excluding carboxylic acids is 1. The average molecular weight is 359 g/mol. The molecule has 0 bridgehead atoms. The van der Waals surface area contributed by atoms with Crippen molar-refractivity contribution in [1.29, 1.82) is 0 Å². The molecule has 26 heavy (non-hydrogen) atoms. The molecule has 0 aliphatic heterocycles. The first-order chi connectivity index (χ1) is 12.5. The van der Waals surface area contributed by atoms with Gasteiger partial charge in [0.2, 0.25) is 0 Å². The van der Waals surface area contributed by atoms with Gasteiger partial charge in [0.1, 0.15) is 12.7 Å². The van der Waals surface area contributed by atoms with Crippen molar-refractivity contribution in [2.75, 3.05) is 6.54 Å². The molecule has 2 atom stereocenters. The fraction of sp³-hybridized carbons (Fsp3) is 0.350. The molecular formula is C20H25NO5. The fourth-order valence-corrected chi connectivity index (χ4v) is 2.57. The highest BCUT2D eigenvalue weighted by Gasteiger charge is 2.20. The van der Waals surface area contributed by atoms with E-state index in [4.69, 9.17) is 4.74 Å². The summed E-state index contributed by atoms with van der Waals surface area (Å²) in [5.74, 6) is 0. The summed E-state index contributed by atoms with van der Waals surface area (Å²) < 4.78 is 5.08. The first-order valence-corrected chi connectivity index (χ1v) is 8.52. The third kappa shape index (κ3) is 5.84. The molecule has 0 aliphatic rings. The van der Waals surface area contributed by atoms with Crippen LogP contribution in [0.3, 0.4) is 0 Å². The highest BCUT2D eigenvalue weighted by Crippen LogP contribution is 2.23. The lowest BCUT2D eigenvalue weighted by atomic mass is 9.96. The van der Waals surface area contributed by atoms with Crippen LogP contribution in [-0.2, 0) is 18.0 Å². The number of amides is 1. The summed E-state index contributed by atoms with van der Waals surface area (Å²) in [6.07, 6.45) is -2.54. The summed E-state index contributed by atoms with van der Waals surface area (Å²) in [6.45, 7) is 2.03. The largest absolute Gasteiger partial charge is 0.445 e. The Bertz CT molecular complexity index is 705. The Balaban J connectivity index is 1.77. The van der Waals surface area contributed by atoms with Crippen LogP contribution in [0.25, 0.3) is 0 Å². The third-order valence-electron chi connectivity index (χ3n) is 4.13. The van der Waals surface area contributed by atoms with Crippen molar-refractivity contribution >= 4 is 6.09 Å². The number of ether oxygens (including phenoxy) is 1. The van der Waals surface area contributed by atoms with Gasteiger partial charge < -0.3 is 25.4 Å². The van der Waals surface area contributed by atoms with Crippen molar-refractivity contribution in [2.45, 2.75) is 38.8 Å². The number of aliphatic hydroxyl groups excluding tert-OH is 3. The molecule has 0 aliphatic carbocycles. The molecule has 1 amide bonds. The molecule has 0 aromatic heterocycles. The molecule has 0 saturated carbocycles. The smallest absolute Gasteiger partial charge is 0.407 e. The van der Waals surface area contributed by atoms with E-state index in [1.54, 1.807) is 18.2 Å². The van der Waals surface area contributed by atoms with Gasteiger partial charge in [-0.1, -0.05) is 48.5 Å². The van der Waals surface area contributed by atoms with Crippen LogP contribution in [0, 0.1) is 6.92 Å². The van der Waals surface area contributed by atoms with Crippen molar-refractivity contribution in [2.24, 2.45) is 0 Å². The van der Waals surface area contributed by atoms with Gasteiger partial charge in [-0.3, -0.25) is 0 Å². The lowest BCUT2D eigenvalue weighted by Crippen LogP contribution is -2.30. The fourth-order valence-electron chi connectivity index (χ4n) is 2.57. The molecule has 6 heteroatoms. The minimum atomic E-state index is -1.09. The van der Waals surface area contributed by atoms with Gasteiger partial charge in [0.05, 0.1) is 12.7 Å². The maximum Gasteiger partial charge on any atom is 0.407 e. The van der Waals surface area contributed by atoms with E-state index < -0.39 is 18.3 Å². The van der Waals surface area contributed by atoms with Crippen molar-refractivity contribution in [3.05, 3.63) is 70.8 Å². The molecule has 2 aromatic carbocycles. The van der Waals surface area contributed by atoms with Crippen LogP contribution in [-0.4, -0.2) is 34.1 Å². The third-order valence-corrected chi connectivity index (χ3v) is 4.13. The van der Waals surface area contributed by atoms with Crippen LogP contribution in [0.1, 0.15) is 34.8 Å². The van der Waals surface area contributed by atoms with E-state index in [2.05, 4.69) is 5.32 Å². The number of rotatable bonds is 8. The Labute approximate surface area is 153 Å². The van der Waals surface area contributed by atoms with Gasteiger partial charge in [0, 0.05) is 6.54 Å². The molecule has 0 heterocycles. The van der Waals surface area contributed by atoms with E-state index in [-0.39, 0.29) is 26.2 Å². The quantitative estimate of drug-likeness (QED) is 0.579. The molecular weight excluding hydrogens is 334 g/mol. The topological polar surface area (TPSA) is 99.0 Å². The zero-order valence-corrected chi connectivity index (χ0v) is 14.8. The van der Waals surface area contributed by atoms with Gasteiger partial charge in [-0.2, -0.15) is 0 Å². The predicted octanol–water partition coefficient (Wildman–Crippen LogP) is 2.20. The van der Waals surface area contributed by atoms with Crippen molar-refractivity contribution in [1.82, 2.24) is 5.32 Å². The van der Waals surface area contributed by atoms with Gasteiger partial charge >= 0.3 is 6.09 Å². The average Bonchev–Trinajstić information content (AvgIpc) is 2.67. The summed E-state index contributed by atoms with van der Waals surface area (Å²) >= 11 is 0. The molecule has 6 nitrogen and oxygen atoms in total. The molecule has 0 saturated heterocycles. The zero-order chi connectivity index (χ0) is 18.9. The maximum atomic E-state index is 11.7. The number of benzene rings is 2. The lowest BCUT2D eigenvalue weighted by molar-refractivity contribution is 0.0132. The minimum Gasteiger partial charge on any atom is -0.445 e. The maximum absolute atomic E-state index is 11.7. The summed E-state index contributed by atoms with van der Waals surface area (Å²) in [6, 6.07) is 14.5. The van der Waals surface area contributed by atoms with E-state index in [0.29, 0.717) is 11.1 Å². The molecule has 2 aromatic rings. The Morgan fingerprint density at radius 1 is 1.12 bits per heavy atom. The van der Waals surface area contributed by atoms with E-state index in [1.165, 1.54) is 0 Å². The van der Waals surface area contributed by atoms with Gasteiger partial charge in [-0.05, 0) is 35.6 Å². The second-order valence-corrected chi connectivity index (χ2v) is 6.14. The standard InChI is InChI=1S/C20H25NO5/c1-14-7-8-16(12-22)11-17(14)19(24)18(23)9-10-21-20(25)26-13-15-5-3-2-4-6-15/h2-8,11,18-19,22-24H,9-10,12-13H2,1H3,(H,21,25). The summed E-state index contributed by atoms with van der Waals surface area (Å²) in [5, 5.41) is 32.3. The summed E-state index contributed by atoms with van der Waals surface area (Å²) in [7, 11) is 0. The number of aryl methyl sites for hydroxylation is 1. The van der Waals surface area contributed by atoms with Gasteiger partial charge in [-0.15, -0.1) is 0 Å². The van der Waals surface area contributed by atoms with Crippen LogP contribution < -0.4 is 5.32 Å². The van der Waals surface area contributed by atoms with Crippen LogP contribution >= 0.6 is 0 Å². The summed E-state index contributed by atoms with van der Waals surface area (Å²) in [5.41, 5.74) is 2.94. The number of hydrogen-bond acceptors (Lipinski definition) is 5. The Kier molecular flexibility index (Phi) is 7.59. The minimum absolute atomic E-state index is 0.134. The Morgan fingerprint density at radius 3 is 2.54 bits per heavy atom. The van der Waals surface area contributed by atoms with Crippen LogP contribution in [0.4, 0.5) is 4.79 Å². The lowest BCUT2D eigenvalue weighted by Gasteiger charge is -2.20. The molecule has 2 unspecified atom stereocenters. The van der Waals surface area contributed by atoms with Crippen molar-refractivity contribution in [3.63, 3.8) is 0 Å². The molecule has 2 rings (SSSR count). The molecule has 0 spiro atoms. The van der Waals surface area contributed by atoms with E-state index in [1.807, 2.05) is 37.3 Å². The van der Waals surface area contributed by atoms with Crippen molar-refractivity contribution < 1.29 is 24.9 Å². The first-order valence-electron chi connectivity index (χ1n) is 8.52. The monoisotopic (exact) mass is 359 g/mol. The first kappa shape index (κ1) is 19.9. The number of hydrogen-bond donors (Lipinski definition) is 4. The van der Waals surface area contributed by atoms with Crippen LogP contribution in [0.15, 0.2) is 48.5 Å². The molecule has 0 fully saturated rings. The highest BCUT2D eigenvalue weighted by molar-refractivity contribution is 5.67. The Morgan fingerprint density at radius 2 is 1.85 bits per heavy atom. The van der Waals surface area contributed by atoms with Gasteiger partial charge in [-0.25, -0.2) is 4.79 Å². The van der Waals surface area contributed by atoms with Crippen LogP contribution in [0.2, 0.25) is 0 Å². The molecule has 4 N–H and O–H groups in total. The van der Waals surface area contributed by atoms with E-state index in [0.717, 1.165) is 11.1 Å². The zero-order valence-electron chi connectivity index (χ0n) is 14.8. The molecule has 140 valence electrons. The van der Waals surface area contributed by atoms with Crippen LogP contribution in [0.5, 0.6) is 0 Å². The SMILES string of the molecule is Cc1ccc(CO)cc1C(O)C(O)CCNC(=O)OCc1ccccc1. The second-order valence-electron chi connectivity index (χ2n) is 6.14. The second kappa shape index (κ2) is 9.91. The molecule has 0 radical (unpaired) electrons. The Hall–Kier alpha value is -2.41. The van der Waals surface area contributed by atoms with Gasteiger partial charge in [0.25, 0.3) is 0 Å². The predicted molar refractivity (Wildman–Crippen MR) is 97.3 cm³/mol. The number of alkyl carbamates (subject to hydrolysis) is 1. The number of aliphatic hydroxyl groups is 3. The number of carbonyl (C=O) groups is 1. The van der Waals surface area contributed by atoms with E-state index >= 15 is 0 Å². The number of nitrogens with one attached hydrogen (secondary N) is 1. The summed E-state index contributed by atoms with van der Waals surface area (Å²) in [4.78, 5) is 11.7. The van der Waals surface area contributed by atoms with Gasteiger partial charge in [0.15, 0.2) is 0 Å².